The van der Waals surface area contributed by atoms with Gasteiger partial charge >= 0.3 is 0 Å². The molecule has 0 bridgehead atoms. The Balaban J connectivity index is 1.67. The summed E-state index contributed by atoms with van der Waals surface area (Å²) in [6.07, 6.45) is 5.04. The van der Waals surface area contributed by atoms with Crippen LogP contribution in [-0.4, -0.2) is 25.5 Å². The van der Waals surface area contributed by atoms with E-state index in [4.69, 9.17) is 0 Å². The molecule has 112 valence electrons. The molecule has 0 aliphatic carbocycles. The minimum atomic E-state index is -0.214. The Morgan fingerprint density at radius 2 is 2.18 bits per heavy atom. The first-order valence-corrected chi connectivity index (χ1v) is 6.99. The zero-order valence-electron chi connectivity index (χ0n) is 12.5. The van der Waals surface area contributed by atoms with Crippen molar-refractivity contribution in [2.24, 2.45) is 7.05 Å². The van der Waals surface area contributed by atoms with Crippen LogP contribution in [0.5, 0.6) is 0 Å². The van der Waals surface area contributed by atoms with E-state index < -0.39 is 0 Å². The van der Waals surface area contributed by atoms with Crippen molar-refractivity contribution in [1.82, 2.24) is 19.6 Å². The molecule has 2 heterocycles. The van der Waals surface area contributed by atoms with Gasteiger partial charge in [0.15, 0.2) is 5.82 Å². The smallest absolute Gasteiger partial charge is 0.260 e. The van der Waals surface area contributed by atoms with E-state index in [0.29, 0.717) is 17.9 Å². The van der Waals surface area contributed by atoms with E-state index in [0.717, 1.165) is 0 Å². The fourth-order valence-corrected chi connectivity index (χ4v) is 2.24. The van der Waals surface area contributed by atoms with Crippen LogP contribution in [-0.2, 0) is 13.6 Å². The van der Waals surface area contributed by atoms with Crippen LogP contribution < -0.4 is 5.32 Å². The van der Waals surface area contributed by atoms with Gasteiger partial charge in [-0.1, -0.05) is 29.8 Å². The number of anilines is 1. The van der Waals surface area contributed by atoms with Gasteiger partial charge in [-0.3, -0.25) is 14.2 Å². The highest BCUT2D eigenvalue weighted by molar-refractivity contribution is 6.03. The van der Waals surface area contributed by atoms with Crippen molar-refractivity contribution in [2.45, 2.75) is 13.5 Å². The van der Waals surface area contributed by atoms with E-state index in [1.165, 1.54) is 17.3 Å². The van der Waals surface area contributed by atoms with Crippen molar-refractivity contribution < 1.29 is 4.79 Å². The minimum Gasteiger partial charge on any atom is -0.305 e. The fourth-order valence-electron chi connectivity index (χ4n) is 2.24. The number of aromatic nitrogens is 4. The molecule has 6 heteroatoms. The number of carbonyl (C=O) groups excluding carboxylic acids is 1. The lowest BCUT2D eigenvalue weighted by Gasteiger charge is -2.03. The number of nitrogens with one attached hydrogen (secondary N) is 1. The molecule has 0 aliphatic heterocycles. The molecule has 0 saturated carbocycles. The third-order valence-corrected chi connectivity index (χ3v) is 3.28. The van der Waals surface area contributed by atoms with Crippen molar-refractivity contribution in [3.63, 3.8) is 0 Å². The van der Waals surface area contributed by atoms with Gasteiger partial charge in [0.05, 0.1) is 18.3 Å². The van der Waals surface area contributed by atoms with Gasteiger partial charge in [-0.05, 0) is 12.5 Å². The highest BCUT2D eigenvalue weighted by Crippen LogP contribution is 2.09. The minimum absolute atomic E-state index is 0.214. The van der Waals surface area contributed by atoms with Crippen molar-refractivity contribution in [2.75, 3.05) is 5.32 Å². The zero-order chi connectivity index (χ0) is 15.5. The second-order valence-electron chi connectivity index (χ2n) is 5.24. The number of hydrogen-bond acceptors (Lipinski definition) is 3. The van der Waals surface area contributed by atoms with Crippen molar-refractivity contribution in [3.05, 3.63) is 65.6 Å². The average Bonchev–Trinajstić information content (AvgIpc) is 3.08. The number of carbonyl (C=O) groups is 1. The fraction of sp³-hybridized carbons (Fsp3) is 0.188. The monoisotopic (exact) mass is 295 g/mol. The van der Waals surface area contributed by atoms with E-state index in [1.807, 2.05) is 12.3 Å². The third-order valence-electron chi connectivity index (χ3n) is 3.28. The summed E-state index contributed by atoms with van der Waals surface area (Å²) in [5, 5.41) is 11.1. The maximum Gasteiger partial charge on any atom is 0.260 e. The predicted molar refractivity (Wildman–Crippen MR) is 83.7 cm³/mol. The molecule has 0 saturated heterocycles. The number of amides is 1. The molecule has 0 atom stereocenters. The molecule has 3 rings (SSSR count). The molecule has 1 aromatic carbocycles. The third kappa shape index (κ3) is 3.22. The molecular weight excluding hydrogens is 278 g/mol. The van der Waals surface area contributed by atoms with Crippen molar-refractivity contribution >= 4 is 11.7 Å². The first kappa shape index (κ1) is 14.1. The van der Waals surface area contributed by atoms with Gasteiger partial charge in [0.25, 0.3) is 5.91 Å². The van der Waals surface area contributed by atoms with Gasteiger partial charge in [-0.25, -0.2) is 0 Å². The van der Waals surface area contributed by atoms with Crippen molar-refractivity contribution in [3.8, 4) is 0 Å². The van der Waals surface area contributed by atoms with Gasteiger partial charge in [0, 0.05) is 25.5 Å². The van der Waals surface area contributed by atoms with Gasteiger partial charge in [0.1, 0.15) is 0 Å². The SMILES string of the molecule is Cc1cccc(Cn2ccc(NC(=O)c3cnn(C)c3)n2)c1. The number of benzene rings is 1. The summed E-state index contributed by atoms with van der Waals surface area (Å²) in [6.45, 7) is 2.73. The lowest BCUT2D eigenvalue weighted by molar-refractivity contribution is 0.102. The quantitative estimate of drug-likeness (QED) is 0.802. The summed E-state index contributed by atoms with van der Waals surface area (Å²) in [5.41, 5.74) is 2.90. The van der Waals surface area contributed by atoms with Crippen LogP contribution in [0.25, 0.3) is 0 Å². The first-order valence-electron chi connectivity index (χ1n) is 6.99. The van der Waals surface area contributed by atoms with E-state index >= 15 is 0 Å². The van der Waals surface area contributed by atoms with E-state index in [2.05, 4.69) is 40.6 Å². The zero-order valence-corrected chi connectivity index (χ0v) is 12.5. The highest BCUT2D eigenvalue weighted by Gasteiger charge is 2.09. The summed E-state index contributed by atoms with van der Waals surface area (Å²) in [4.78, 5) is 12.0. The number of hydrogen-bond donors (Lipinski definition) is 1. The second kappa shape index (κ2) is 5.85. The molecule has 1 N–H and O–H groups in total. The van der Waals surface area contributed by atoms with Crippen LogP contribution in [0.1, 0.15) is 21.5 Å². The predicted octanol–water partition coefficient (Wildman–Crippen LogP) is 2.23. The van der Waals surface area contributed by atoms with E-state index in [9.17, 15) is 4.79 Å². The topological polar surface area (TPSA) is 64.7 Å². The summed E-state index contributed by atoms with van der Waals surface area (Å²) >= 11 is 0. The van der Waals surface area contributed by atoms with Gasteiger partial charge in [-0.2, -0.15) is 10.2 Å². The first-order chi connectivity index (χ1) is 10.6. The molecule has 0 radical (unpaired) electrons. The number of nitrogens with zero attached hydrogens (tertiary/aromatic N) is 4. The molecule has 0 spiro atoms. The molecule has 22 heavy (non-hydrogen) atoms. The van der Waals surface area contributed by atoms with E-state index in [1.54, 1.807) is 28.7 Å². The normalized spacial score (nSPS) is 10.6. The lowest BCUT2D eigenvalue weighted by atomic mass is 10.1. The van der Waals surface area contributed by atoms with E-state index in [-0.39, 0.29) is 5.91 Å². The van der Waals surface area contributed by atoms with Crippen LogP contribution in [0.3, 0.4) is 0 Å². The van der Waals surface area contributed by atoms with Gasteiger partial charge in [-0.15, -0.1) is 0 Å². The Hall–Kier alpha value is -2.89. The maximum absolute atomic E-state index is 12.0. The Bertz CT molecular complexity index is 802. The van der Waals surface area contributed by atoms with Gasteiger partial charge in [0.2, 0.25) is 0 Å². The molecule has 0 aliphatic rings. The number of aryl methyl sites for hydroxylation is 2. The summed E-state index contributed by atoms with van der Waals surface area (Å²) < 4.78 is 3.39. The summed E-state index contributed by atoms with van der Waals surface area (Å²) in [7, 11) is 1.77. The molecule has 1 amide bonds. The lowest BCUT2D eigenvalue weighted by Crippen LogP contribution is -2.12. The van der Waals surface area contributed by atoms with Gasteiger partial charge < -0.3 is 5.32 Å². The Labute approximate surface area is 128 Å². The Morgan fingerprint density at radius 3 is 2.91 bits per heavy atom. The molecule has 2 aromatic heterocycles. The van der Waals surface area contributed by atoms with Crippen LogP contribution in [0, 0.1) is 6.92 Å². The maximum atomic E-state index is 12.0. The molecule has 6 nitrogen and oxygen atoms in total. The molecule has 0 fully saturated rings. The molecule has 3 aromatic rings. The second-order valence-corrected chi connectivity index (χ2v) is 5.24. The number of rotatable bonds is 4. The van der Waals surface area contributed by atoms with Crippen LogP contribution in [0.15, 0.2) is 48.9 Å². The van der Waals surface area contributed by atoms with Crippen LogP contribution >= 0.6 is 0 Å². The highest BCUT2D eigenvalue weighted by atomic mass is 16.1. The molecular formula is C16H17N5O. The van der Waals surface area contributed by atoms with Crippen LogP contribution in [0.4, 0.5) is 5.82 Å². The summed E-state index contributed by atoms with van der Waals surface area (Å²) in [6, 6.07) is 10.0. The largest absolute Gasteiger partial charge is 0.305 e. The standard InChI is InChI=1S/C16H17N5O/c1-12-4-3-5-13(8-12)10-21-7-6-15(19-21)18-16(22)14-9-17-20(2)11-14/h3-9,11H,10H2,1-2H3,(H,18,19,22). The Kier molecular flexibility index (Phi) is 3.74. The summed E-state index contributed by atoms with van der Waals surface area (Å²) in [5.74, 6) is 0.315. The average molecular weight is 295 g/mol. The molecule has 0 unspecified atom stereocenters. The van der Waals surface area contributed by atoms with Crippen molar-refractivity contribution in [1.29, 1.82) is 0 Å². The Morgan fingerprint density at radius 1 is 1.32 bits per heavy atom. The van der Waals surface area contributed by atoms with Crippen LogP contribution in [0.2, 0.25) is 0 Å².